The molecule has 0 saturated carbocycles. The number of nitrogens with zero attached hydrogens (tertiary/aromatic N) is 2. The maximum atomic E-state index is 11.7. The molecule has 1 amide bonds. The molecule has 2 aromatic rings. The summed E-state index contributed by atoms with van der Waals surface area (Å²) in [6.45, 7) is 1.65. The summed E-state index contributed by atoms with van der Waals surface area (Å²) in [7, 11) is 0. The van der Waals surface area contributed by atoms with Crippen molar-refractivity contribution < 1.29 is 9.90 Å². The highest BCUT2D eigenvalue weighted by Crippen LogP contribution is 2.06. The molecule has 0 bridgehead atoms. The highest BCUT2D eigenvalue weighted by molar-refractivity contribution is 5.94. The Hall–Kier alpha value is -2.14. The van der Waals surface area contributed by atoms with Gasteiger partial charge in [-0.15, -0.1) is 0 Å². The fourth-order valence-electron chi connectivity index (χ4n) is 1.51. The van der Waals surface area contributed by atoms with Crippen LogP contribution in [0.2, 0.25) is 0 Å². The summed E-state index contributed by atoms with van der Waals surface area (Å²) in [6, 6.07) is 7.04. The topological polar surface area (TPSA) is 67.2 Å². The summed E-state index contributed by atoms with van der Waals surface area (Å²) in [5.41, 5.74) is 0.478. The maximum Gasteiger partial charge on any atom is 0.253 e. The first-order valence-electron chi connectivity index (χ1n) is 5.72. The van der Waals surface area contributed by atoms with Crippen LogP contribution in [0.15, 0.2) is 42.9 Å². The van der Waals surface area contributed by atoms with Gasteiger partial charge in [-0.2, -0.15) is 0 Å². The van der Waals surface area contributed by atoms with Crippen LogP contribution in [0.1, 0.15) is 17.3 Å². The molecule has 0 aromatic carbocycles. The quantitative estimate of drug-likeness (QED) is 0.844. The van der Waals surface area contributed by atoms with Crippen molar-refractivity contribution in [3.63, 3.8) is 0 Å². The van der Waals surface area contributed by atoms with Gasteiger partial charge in [0.05, 0.1) is 12.2 Å². The van der Waals surface area contributed by atoms with Crippen LogP contribution in [0.4, 0.5) is 0 Å². The molecule has 5 heteroatoms. The molecule has 0 radical (unpaired) electrons. The molecule has 0 aliphatic carbocycles. The number of aromatic nitrogens is 2. The van der Waals surface area contributed by atoms with E-state index in [1.54, 1.807) is 19.1 Å². The van der Waals surface area contributed by atoms with Crippen LogP contribution in [-0.4, -0.2) is 33.2 Å². The van der Waals surface area contributed by atoms with Crippen molar-refractivity contribution in [3.8, 4) is 5.82 Å². The lowest BCUT2D eigenvalue weighted by molar-refractivity contribution is 0.0922. The number of hydrogen-bond donors (Lipinski definition) is 2. The average Bonchev–Trinajstić information content (AvgIpc) is 2.92. The predicted octanol–water partition coefficient (Wildman–Crippen LogP) is 0.983. The summed E-state index contributed by atoms with van der Waals surface area (Å²) in [5.74, 6) is 0.523. The summed E-state index contributed by atoms with van der Waals surface area (Å²) in [4.78, 5) is 16.0. The van der Waals surface area contributed by atoms with Crippen LogP contribution in [0.3, 0.4) is 0 Å². The van der Waals surface area contributed by atoms with E-state index in [9.17, 15) is 4.79 Å². The largest absolute Gasteiger partial charge is 0.394 e. The van der Waals surface area contributed by atoms with Crippen molar-refractivity contribution in [1.29, 1.82) is 0 Å². The predicted molar refractivity (Wildman–Crippen MR) is 67.6 cm³/mol. The molecule has 2 rings (SSSR count). The minimum Gasteiger partial charge on any atom is -0.394 e. The standard InChI is InChI=1S/C13H15N3O2/c1-10(9-17)15-13(18)11-4-5-12(14-8-11)16-6-2-3-7-16/h2-8,10,17H,9H2,1H3,(H,15,18). The molecule has 0 fully saturated rings. The van der Waals surface area contributed by atoms with Crippen molar-refractivity contribution in [3.05, 3.63) is 48.4 Å². The summed E-state index contributed by atoms with van der Waals surface area (Å²) in [5, 5.41) is 11.5. The van der Waals surface area contributed by atoms with Crippen molar-refractivity contribution in [1.82, 2.24) is 14.9 Å². The third-order valence-corrected chi connectivity index (χ3v) is 2.53. The Morgan fingerprint density at radius 2 is 2.17 bits per heavy atom. The van der Waals surface area contributed by atoms with Crippen LogP contribution in [0.25, 0.3) is 5.82 Å². The van der Waals surface area contributed by atoms with Crippen LogP contribution in [-0.2, 0) is 0 Å². The van der Waals surface area contributed by atoms with Gasteiger partial charge in [0, 0.05) is 24.6 Å². The second-order valence-corrected chi connectivity index (χ2v) is 4.05. The van der Waals surface area contributed by atoms with Gasteiger partial charge in [0.1, 0.15) is 5.82 Å². The summed E-state index contributed by atoms with van der Waals surface area (Å²) < 4.78 is 1.86. The third-order valence-electron chi connectivity index (χ3n) is 2.53. The van der Waals surface area contributed by atoms with E-state index in [1.807, 2.05) is 29.1 Å². The van der Waals surface area contributed by atoms with Gasteiger partial charge in [0.15, 0.2) is 0 Å². The van der Waals surface area contributed by atoms with Gasteiger partial charge in [0.2, 0.25) is 0 Å². The SMILES string of the molecule is CC(CO)NC(=O)c1ccc(-n2cccc2)nc1. The highest BCUT2D eigenvalue weighted by Gasteiger charge is 2.09. The molecule has 0 saturated heterocycles. The van der Waals surface area contributed by atoms with Crippen LogP contribution >= 0.6 is 0 Å². The van der Waals surface area contributed by atoms with Gasteiger partial charge < -0.3 is 15.0 Å². The number of hydrogen-bond acceptors (Lipinski definition) is 3. The molecule has 1 unspecified atom stereocenters. The molecule has 0 aliphatic heterocycles. The lowest BCUT2D eigenvalue weighted by Gasteiger charge is -2.10. The number of aliphatic hydroxyl groups excluding tert-OH is 1. The number of amides is 1. The molecular formula is C13H15N3O2. The zero-order valence-corrected chi connectivity index (χ0v) is 10.1. The van der Waals surface area contributed by atoms with Crippen LogP contribution in [0, 0.1) is 0 Å². The van der Waals surface area contributed by atoms with E-state index in [1.165, 1.54) is 6.20 Å². The third kappa shape index (κ3) is 2.75. The van der Waals surface area contributed by atoms with E-state index >= 15 is 0 Å². The number of aliphatic hydroxyl groups is 1. The number of carbonyl (C=O) groups excluding carboxylic acids is 1. The minimum absolute atomic E-state index is 0.0827. The Kier molecular flexibility index (Phi) is 3.74. The second kappa shape index (κ2) is 5.46. The molecule has 1 atom stereocenters. The first-order valence-corrected chi connectivity index (χ1v) is 5.72. The monoisotopic (exact) mass is 245 g/mol. The lowest BCUT2D eigenvalue weighted by Crippen LogP contribution is -2.35. The maximum absolute atomic E-state index is 11.7. The zero-order chi connectivity index (χ0) is 13.0. The average molecular weight is 245 g/mol. The van der Waals surface area contributed by atoms with E-state index in [4.69, 9.17) is 5.11 Å². The van der Waals surface area contributed by atoms with Crippen molar-refractivity contribution in [2.24, 2.45) is 0 Å². The molecule has 94 valence electrons. The van der Waals surface area contributed by atoms with Crippen LogP contribution in [0.5, 0.6) is 0 Å². The molecule has 5 nitrogen and oxygen atoms in total. The van der Waals surface area contributed by atoms with Gasteiger partial charge >= 0.3 is 0 Å². The van der Waals surface area contributed by atoms with Gasteiger partial charge in [-0.25, -0.2) is 4.98 Å². The Bertz CT molecular complexity index is 506. The van der Waals surface area contributed by atoms with Gasteiger partial charge in [-0.1, -0.05) is 0 Å². The van der Waals surface area contributed by atoms with E-state index in [-0.39, 0.29) is 18.6 Å². The fourth-order valence-corrected chi connectivity index (χ4v) is 1.51. The molecular weight excluding hydrogens is 230 g/mol. The van der Waals surface area contributed by atoms with Crippen molar-refractivity contribution >= 4 is 5.91 Å². The number of rotatable bonds is 4. The summed E-state index contributed by atoms with van der Waals surface area (Å²) in [6.07, 6.45) is 5.29. The van der Waals surface area contributed by atoms with Crippen molar-refractivity contribution in [2.75, 3.05) is 6.61 Å². The fraction of sp³-hybridized carbons (Fsp3) is 0.231. The molecule has 2 heterocycles. The lowest BCUT2D eigenvalue weighted by atomic mass is 10.2. The van der Waals surface area contributed by atoms with E-state index in [2.05, 4.69) is 10.3 Å². The Labute approximate surface area is 105 Å². The number of nitrogens with one attached hydrogen (secondary N) is 1. The number of carbonyl (C=O) groups is 1. The molecule has 0 spiro atoms. The van der Waals surface area contributed by atoms with E-state index in [0.717, 1.165) is 5.82 Å². The Morgan fingerprint density at radius 3 is 2.72 bits per heavy atom. The highest BCUT2D eigenvalue weighted by atomic mass is 16.3. The molecule has 18 heavy (non-hydrogen) atoms. The molecule has 0 aliphatic rings. The van der Waals surface area contributed by atoms with E-state index < -0.39 is 0 Å². The van der Waals surface area contributed by atoms with Gasteiger partial charge in [-0.05, 0) is 31.2 Å². The smallest absolute Gasteiger partial charge is 0.253 e. The zero-order valence-electron chi connectivity index (χ0n) is 10.1. The second-order valence-electron chi connectivity index (χ2n) is 4.05. The minimum atomic E-state index is -0.262. The van der Waals surface area contributed by atoms with Gasteiger partial charge in [-0.3, -0.25) is 4.79 Å². The molecule has 2 aromatic heterocycles. The Morgan fingerprint density at radius 1 is 1.44 bits per heavy atom. The first-order chi connectivity index (χ1) is 8.70. The summed E-state index contributed by atoms with van der Waals surface area (Å²) >= 11 is 0. The number of pyridine rings is 1. The normalized spacial score (nSPS) is 12.1. The van der Waals surface area contributed by atoms with Crippen LogP contribution < -0.4 is 5.32 Å². The van der Waals surface area contributed by atoms with Crippen molar-refractivity contribution in [2.45, 2.75) is 13.0 Å². The first kappa shape index (κ1) is 12.3. The van der Waals surface area contributed by atoms with Gasteiger partial charge in [0.25, 0.3) is 5.91 Å². The van der Waals surface area contributed by atoms with E-state index in [0.29, 0.717) is 5.56 Å². The Balaban J connectivity index is 2.10. The molecule has 2 N–H and O–H groups in total.